The van der Waals surface area contributed by atoms with Gasteiger partial charge in [-0.25, -0.2) is 0 Å². The minimum atomic E-state index is -0.568. The highest BCUT2D eigenvalue weighted by molar-refractivity contribution is 6.01. The van der Waals surface area contributed by atoms with Crippen molar-refractivity contribution in [3.63, 3.8) is 0 Å². The predicted molar refractivity (Wildman–Crippen MR) is 75.6 cm³/mol. The largest absolute Gasteiger partial charge is 0.393 e. The van der Waals surface area contributed by atoms with Crippen molar-refractivity contribution in [2.24, 2.45) is 0 Å². The summed E-state index contributed by atoms with van der Waals surface area (Å²) in [6.45, 7) is 3.36. The van der Waals surface area contributed by atoms with Gasteiger partial charge in [0.15, 0.2) is 0 Å². The van der Waals surface area contributed by atoms with Crippen LogP contribution in [0.4, 0.5) is 11.4 Å². The number of rotatable bonds is 3. The van der Waals surface area contributed by atoms with Crippen LogP contribution in [0.5, 0.6) is 0 Å². The molecule has 1 aromatic carbocycles. The zero-order chi connectivity index (χ0) is 14.7. The van der Waals surface area contributed by atoms with Gasteiger partial charge in [-0.1, -0.05) is 0 Å². The number of benzene rings is 1. The third-order valence-electron chi connectivity index (χ3n) is 3.38. The molecule has 1 aromatic rings. The molecule has 4 N–H and O–H groups in total. The fourth-order valence-corrected chi connectivity index (χ4v) is 2.36. The van der Waals surface area contributed by atoms with E-state index in [1.807, 2.05) is 0 Å². The van der Waals surface area contributed by atoms with E-state index in [1.165, 1.54) is 6.07 Å². The van der Waals surface area contributed by atoms with E-state index in [9.17, 15) is 14.9 Å². The number of nitrogens with one attached hydrogen (secondary N) is 2. The van der Waals surface area contributed by atoms with Crippen LogP contribution in [-0.4, -0.2) is 30.0 Å². The molecule has 7 nitrogen and oxygen atoms in total. The number of piperidine rings is 1. The van der Waals surface area contributed by atoms with E-state index >= 15 is 0 Å². The van der Waals surface area contributed by atoms with Gasteiger partial charge in [-0.3, -0.25) is 14.9 Å². The number of amides is 1. The number of nitrogens with two attached hydrogens (primary N) is 1. The fraction of sp³-hybridized carbons (Fsp3) is 0.462. The second-order valence-corrected chi connectivity index (χ2v) is 5.02. The lowest BCUT2D eigenvalue weighted by atomic mass is 10.0. The van der Waals surface area contributed by atoms with Gasteiger partial charge < -0.3 is 16.4 Å². The van der Waals surface area contributed by atoms with Crippen molar-refractivity contribution in [1.29, 1.82) is 0 Å². The quantitative estimate of drug-likeness (QED) is 0.433. The second-order valence-electron chi connectivity index (χ2n) is 5.02. The Kier molecular flexibility index (Phi) is 4.19. The number of carbonyl (C=O) groups excluding carboxylic acids is 1. The van der Waals surface area contributed by atoms with Gasteiger partial charge in [-0.15, -0.1) is 0 Å². The van der Waals surface area contributed by atoms with Gasteiger partial charge >= 0.3 is 0 Å². The van der Waals surface area contributed by atoms with Crippen LogP contribution in [0.2, 0.25) is 0 Å². The second kappa shape index (κ2) is 5.87. The predicted octanol–water partition coefficient (Wildman–Crippen LogP) is 0.967. The Balaban J connectivity index is 2.22. The molecular formula is C13H18N4O3. The molecular weight excluding hydrogens is 260 g/mol. The first-order valence-electron chi connectivity index (χ1n) is 6.55. The molecule has 1 aliphatic heterocycles. The normalized spacial score (nSPS) is 18.6. The zero-order valence-corrected chi connectivity index (χ0v) is 11.3. The minimum absolute atomic E-state index is 0.0372. The SMILES string of the molecule is Cc1cc(C(=O)N[C@H]2CCCNC2)c(N)c([N+](=O)[O-])c1. The van der Waals surface area contributed by atoms with E-state index in [0.29, 0.717) is 12.1 Å². The molecule has 108 valence electrons. The topological polar surface area (TPSA) is 110 Å². The number of nitro benzene ring substituents is 1. The highest BCUT2D eigenvalue weighted by Crippen LogP contribution is 2.27. The lowest BCUT2D eigenvalue weighted by molar-refractivity contribution is -0.384. The van der Waals surface area contributed by atoms with E-state index < -0.39 is 4.92 Å². The molecule has 1 amide bonds. The molecule has 0 radical (unpaired) electrons. The van der Waals surface area contributed by atoms with Gasteiger partial charge in [-0.05, 0) is 37.9 Å². The van der Waals surface area contributed by atoms with Crippen molar-refractivity contribution in [2.75, 3.05) is 18.8 Å². The molecule has 0 bridgehead atoms. The molecule has 0 spiro atoms. The number of nitrogens with zero attached hydrogens (tertiary/aromatic N) is 1. The summed E-state index contributed by atoms with van der Waals surface area (Å²) in [7, 11) is 0. The van der Waals surface area contributed by atoms with E-state index in [0.717, 1.165) is 19.4 Å². The smallest absolute Gasteiger partial charge is 0.293 e. The Morgan fingerprint density at radius 1 is 1.55 bits per heavy atom. The lowest BCUT2D eigenvalue weighted by Crippen LogP contribution is -2.45. The first-order chi connectivity index (χ1) is 9.49. The van der Waals surface area contributed by atoms with Gasteiger partial charge in [0.05, 0.1) is 10.5 Å². The van der Waals surface area contributed by atoms with Crippen LogP contribution in [-0.2, 0) is 0 Å². The Labute approximate surface area is 116 Å². The zero-order valence-electron chi connectivity index (χ0n) is 11.3. The van der Waals surface area contributed by atoms with E-state index in [1.54, 1.807) is 13.0 Å². The maximum atomic E-state index is 12.2. The molecule has 1 saturated heterocycles. The van der Waals surface area contributed by atoms with E-state index in [4.69, 9.17) is 5.73 Å². The molecule has 0 saturated carbocycles. The van der Waals surface area contributed by atoms with Gasteiger partial charge in [0.1, 0.15) is 5.69 Å². The molecule has 0 aliphatic carbocycles. The molecule has 20 heavy (non-hydrogen) atoms. The highest BCUT2D eigenvalue weighted by Gasteiger charge is 2.23. The van der Waals surface area contributed by atoms with Crippen molar-refractivity contribution in [3.8, 4) is 0 Å². The lowest BCUT2D eigenvalue weighted by Gasteiger charge is -2.24. The van der Waals surface area contributed by atoms with Crippen molar-refractivity contribution in [2.45, 2.75) is 25.8 Å². The van der Waals surface area contributed by atoms with Crippen LogP contribution in [0.1, 0.15) is 28.8 Å². The van der Waals surface area contributed by atoms with Crippen LogP contribution in [0, 0.1) is 17.0 Å². The van der Waals surface area contributed by atoms with Crippen molar-refractivity contribution in [3.05, 3.63) is 33.4 Å². The number of hydrogen-bond donors (Lipinski definition) is 3. The van der Waals surface area contributed by atoms with Crippen LogP contribution in [0.15, 0.2) is 12.1 Å². The Bertz CT molecular complexity index is 539. The maximum Gasteiger partial charge on any atom is 0.293 e. The fourth-order valence-electron chi connectivity index (χ4n) is 2.36. The standard InChI is InChI=1S/C13H18N4O3/c1-8-5-10(12(14)11(6-8)17(19)20)13(18)16-9-3-2-4-15-7-9/h5-6,9,15H,2-4,7,14H2,1H3,(H,16,18)/t9-/m0/s1. The molecule has 7 heteroatoms. The molecule has 1 atom stereocenters. The van der Waals surface area contributed by atoms with Gasteiger partial charge in [0.2, 0.25) is 0 Å². The van der Waals surface area contributed by atoms with Crippen LogP contribution >= 0.6 is 0 Å². The summed E-state index contributed by atoms with van der Waals surface area (Å²) in [5.41, 5.74) is 6.24. The average molecular weight is 278 g/mol. The summed E-state index contributed by atoms with van der Waals surface area (Å²) in [5, 5.41) is 17.0. The van der Waals surface area contributed by atoms with E-state index in [-0.39, 0.29) is 28.9 Å². The van der Waals surface area contributed by atoms with Gasteiger partial charge in [0.25, 0.3) is 11.6 Å². The Hall–Kier alpha value is -2.15. The van der Waals surface area contributed by atoms with Gasteiger partial charge in [-0.2, -0.15) is 0 Å². The van der Waals surface area contributed by atoms with Crippen LogP contribution < -0.4 is 16.4 Å². The van der Waals surface area contributed by atoms with Crippen molar-refractivity contribution < 1.29 is 9.72 Å². The number of aryl methyl sites for hydroxylation is 1. The summed E-state index contributed by atoms with van der Waals surface area (Å²) in [6.07, 6.45) is 1.89. The molecule has 0 aromatic heterocycles. The number of hydrogen-bond acceptors (Lipinski definition) is 5. The van der Waals surface area contributed by atoms with Gasteiger partial charge in [0, 0.05) is 18.7 Å². The molecule has 1 aliphatic rings. The Morgan fingerprint density at radius 2 is 2.30 bits per heavy atom. The maximum absolute atomic E-state index is 12.2. The van der Waals surface area contributed by atoms with Crippen molar-refractivity contribution in [1.82, 2.24) is 10.6 Å². The third kappa shape index (κ3) is 3.05. The number of nitro groups is 1. The number of carbonyl (C=O) groups is 1. The average Bonchev–Trinajstić information content (AvgIpc) is 2.41. The molecule has 0 unspecified atom stereocenters. The first kappa shape index (κ1) is 14.3. The Morgan fingerprint density at radius 3 is 2.90 bits per heavy atom. The monoisotopic (exact) mass is 278 g/mol. The molecule has 1 heterocycles. The minimum Gasteiger partial charge on any atom is -0.393 e. The summed E-state index contributed by atoms with van der Waals surface area (Å²) in [5.74, 6) is -0.358. The first-order valence-corrected chi connectivity index (χ1v) is 6.55. The summed E-state index contributed by atoms with van der Waals surface area (Å²) in [4.78, 5) is 22.6. The van der Waals surface area contributed by atoms with Crippen LogP contribution in [0.25, 0.3) is 0 Å². The third-order valence-corrected chi connectivity index (χ3v) is 3.38. The molecule has 2 rings (SSSR count). The summed E-state index contributed by atoms with van der Waals surface area (Å²) >= 11 is 0. The van der Waals surface area contributed by atoms with Crippen LogP contribution in [0.3, 0.4) is 0 Å². The number of anilines is 1. The number of nitrogen functional groups attached to an aromatic ring is 1. The summed E-state index contributed by atoms with van der Waals surface area (Å²) in [6, 6.07) is 2.98. The van der Waals surface area contributed by atoms with Crippen molar-refractivity contribution >= 4 is 17.3 Å². The summed E-state index contributed by atoms with van der Waals surface area (Å²) < 4.78 is 0. The highest BCUT2D eigenvalue weighted by atomic mass is 16.6. The van der Waals surface area contributed by atoms with E-state index in [2.05, 4.69) is 10.6 Å². The molecule has 1 fully saturated rings.